The lowest BCUT2D eigenvalue weighted by atomic mass is 9.86. The third-order valence-corrected chi connectivity index (χ3v) is 7.51. The van der Waals surface area contributed by atoms with E-state index in [-0.39, 0.29) is 0 Å². The molecule has 2 aliphatic rings. The predicted octanol–water partition coefficient (Wildman–Crippen LogP) is 7.84. The minimum absolute atomic E-state index is 0.465. The molecule has 0 radical (unpaired) electrons. The lowest BCUT2D eigenvalue weighted by molar-refractivity contribution is 0.301. The zero-order valence-electron chi connectivity index (χ0n) is 21.2. The molecule has 6 rings (SSSR count). The van der Waals surface area contributed by atoms with E-state index >= 15 is 0 Å². The Morgan fingerprint density at radius 2 is 1.84 bits per heavy atom. The predicted molar refractivity (Wildman–Crippen MR) is 145 cm³/mol. The van der Waals surface area contributed by atoms with Crippen LogP contribution in [0.5, 0.6) is 5.75 Å². The van der Waals surface area contributed by atoms with Gasteiger partial charge in [0.1, 0.15) is 12.4 Å². The standard InChI is InChI=1S/C31H34N4O2/c1-2-7-22(8-3-1)12-17-30-34-31(35-37-30)24-9-6-11-25(19-24)33-29-16-15-27(20-28(29)23-13-14-23)36-21-26-10-4-5-18-32-26/h4-6,9-11,15-16,18-20,22-23,33H,1-3,7-8,12-14,17,21H2. The molecule has 190 valence electrons. The Balaban J connectivity index is 1.12. The quantitative estimate of drug-likeness (QED) is 0.242. The van der Waals surface area contributed by atoms with Gasteiger partial charge < -0.3 is 14.6 Å². The fourth-order valence-electron chi connectivity index (χ4n) is 5.29. The van der Waals surface area contributed by atoms with Crippen LogP contribution in [0.2, 0.25) is 0 Å². The lowest BCUT2D eigenvalue weighted by Gasteiger charge is -2.20. The number of aromatic nitrogens is 3. The van der Waals surface area contributed by atoms with Gasteiger partial charge in [0.2, 0.25) is 11.7 Å². The second-order valence-corrected chi connectivity index (χ2v) is 10.4. The van der Waals surface area contributed by atoms with Crippen molar-refractivity contribution in [1.82, 2.24) is 15.1 Å². The summed E-state index contributed by atoms with van der Waals surface area (Å²) in [5.41, 5.74) is 5.31. The van der Waals surface area contributed by atoms with Gasteiger partial charge in [-0.15, -0.1) is 0 Å². The molecule has 2 fully saturated rings. The number of anilines is 2. The fourth-order valence-corrected chi connectivity index (χ4v) is 5.29. The Labute approximate surface area is 218 Å². The Kier molecular flexibility index (Phi) is 7.15. The third-order valence-electron chi connectivity index (χ3n) is 7.51. The van der Waals surface area contributed by atoms with Gasteiger partial charge in [0, 0.05) is 29.6 Å². The first-order valence-corrected chi connectivity index (χ1v) is 13.7. The summed E-state index contributed by atoms with van der Waals surface area (Å²) in [5, 5.41) is 7.90. The molecule has 1 N–H and O–H groups in total. The van der Waals surface area contributed by atoms with E-state index in [0.717, 1.165) is 53.0 Å². The molecule has 6 nitrogen and oxygen atoms in total. The highest BCUT2D eigenvalue weighted by Gasteiger charge is 2.27. The van der Waals surface area contributed by atoms with E-state index in [2.05, 4.69) is 39.7 Å². The number of nitrogens with one attached hydrogen (secondary N) is 1. The summed E-state index contributed by atoms with van der Waals surface area (Å²) in [6.07, 6.45) is 13.0. The van der Waals surface area contributed by atoms with E-state index in [4.69, 9.17) is 14.2 Å². The van der Waals surface area contributed by atoms with Crippen molar-refractivity contribution in [2.75, 3.05) is 5.32 Å². The van der Waals surface area contributed by atoms with Crippen LogP contribution in [0.3, 0.4) is 0 Å². The Morgan fingerprint density at radius 1 is 0.919 bits per heavy atom. The monoisotopic (exact) mass is 494 g/mol. The molecule has 37 heavy (non-hydrogen) atoms. The Hall–Kier alpha value is -3.67. The van der Waals surface area contributed by atoms with Crippen molar-refractivity contribution in [1.29, 1.82) is 0 Å². The zero-order valence-corrected chi connectivity index (χ0v) is 21.2. The van der Waals surface area contributed by atoms with Crippen molar-refractivity contribution in [2.24, 2.45) is 5.92 Å². The van der Waals surface area contributed by atoms with Gasteiger partial charge in [0.15, 0.2) is 0 Å². The van der Waals surface area contributed by atoms with Crippen LogP contribution in [-0.2, 0) is 13.0 Å². The summed E-state index contributed by atoms with van der Waals surface area (Å²) in [7, 11) is 0. The summed E-state index contributed by atoms with van der Waals surface area (Å²) < 4.78 is 11.6. The smallest absolute Gasteiger partial charge is 0.226 e. The number of ether oxygens (including phenoxy) is 1. The normalized spacial score (nSPS) is 16.0. The summed E-state index contributed by atoms with van der Waals surface area (Å²) in [4.78, 5) is 9.05. The first-order chi connectivity index (χ1) is 18.3. The molecule has 4 aromatic rings. The second-order valence-electron chi connectivity index (χ2n) is 10.4. The molecule has 2 saturated carbocycles. The summed E-state index contributed by atoms with van der Waals surface area (Å²) in [6.45, 7) is 0.465. The molecule has 0 spiro atoms. The molecule has 0 bridgehead atoms. The molecular weight excluding hydrogens is 460 g/mol. The first-order valence-electron chi connectivity index (χ1n) is 13.7. The van der Waals surface area contributed by atoms with Crippen LogP contribution in [0.25, 0.3) is 11.4 Å². The third kappa shape index (κ3) is 6.19. The van der Waals surface area contributed by atoms with E-state index in [1.54, 1.807) is 6.20 Å². The van der Waals surface area contributed by atoms with Crippen molar-refractivity contribution in [3.05, 3.63) is 84.0 Å². The van der Waals surface area contributed by atoms with E-state index < -0.39 is 0 Å². The average Bonchev–Trinajstić information content (AvgIpc) is 3.69. The molecule has 0 saturated heterocycles. The largest absolute Gasteiger partial charge is 0.487 e. The Bertz CT molecular complexity index is 1310. The van der Waals surface area contributed by atoms with Crippen molar-refractivity contribution < 1.29 is 9.26 Å². The maximum absolute atomic E-state index is 6.04. The summed E-state index contributed by atoms with van der Waals surface area (Å²) in [6, 6.07) is 20.4. The number of aryl methyl sites for hydroxylation is 1. The molecule has 2 aliphatic carbocycles. The molecule has 0 amide bonds. The van der Waals surface area contributed by atoms with Gasteiger partial charge in [-0.25, -0.2) is 0 Å². The summed E-state index contributed by atoms with van der Waals surface area (Å²) in [5.74, 6) is 3.66. The highest BCUT2D eigenvalue weighted by molar-refractivity contribution is 5.70. The summed E-state index contributed by atoms with van der Waals surface area (Å²) >= 11 is 0. The molecule has 2 aromatic carbocycles. The van der Waals surface area contributed by atoms with Gasteiger partial charge in [0.05, 0.1) is 5.69 Å². The number of rotatable bonds is 10. The number of hydrogen-bond donors (Lipinski definition) is 1. The molecule has 2 aromatic heterocycles. The SMILES string of the molecule is c1ccc(COc2ccc(Nc3cccc(-c4noc(CCC5CCCCC5)n4)c3)c(C3CC3)c2)nc1. The van der Waals surface area contributed by atoms with E-state index in [9.17, 15) is 0 Å². The van der Waals surface area contributed by atoms with E-state index in [0.29, 0.717) is 18.3 Å². The number of pyridine rings is 1. The van der Waals surface area contributed by atoms with Gasteiger partial charge in [-0.1, -0.05) is 55.5 Å². The molecular formula is C31H34N4O2. The van der Waals surface area contributed by atoms with Gasteiger partial charge in [0.25, 0.3) is 0 Å². The average molecular weight is 495 g/mol. The highest BCUT2D eigenvalue weighted by atomic mass is 16.5. The van der Waals surface area contributed by atoms with Crippen molar-refractivity contribution in [2.45, 2.75) is 70.3 Å². The van der Waals surface area contributed by atoms with Crippen LogP contribution in [0.15, 0.2) is 71.4 Å². The van der Waals surface area contributed by atoms with E-state index in [1.807, 2.05) is 36.4 Å². The topological polar surface area (TPSA) is 73.1 Å². The van der Waals surface area contributed by atoms with Crippen LogP contribution < -0.4 is 10.1 Å². The maximum Gasteiger partial charge on any atom is 0.226 e. The van der Waals surface area contributed by atoms with Crippen molar-refractivity contribution in [3.8, 4) is 17.1 Å². The lowest BCUT2D eigenvalue weighted by Crippen LogP contribution is -2.07. The van der Waals surface area contributed by atoms with Crippen molar-refractivity contribution in [3.63, 3.8) is 0 Å². The van der Waals surface area contributed by atoms with Gasteiger partial charge in [-0.05, 0) is 79.1 Å². The minimum Gasteiger partial charge on any atom is -0.487 e. The van der Waals surface area contributed by atoms with Crippen LogP contribution in [0.4, 0.5) is 11.4 Å². The second kappa shape index (κ2) is 11.2. The Morgan fingerprint density at radius 3 is 2.68 bits per heavy atom. The van der Waals surface area contributed by atoms with Crippen molar-refractivity contribution >= 4 is 11.4 Å². The highest BCUT2D eigenvalue weighted by Crippen LogP contribution is 2.45. The number of nitrogens with zero attached hydrogens (tertiary/aromatic N) is 3. The van der Waals surface area contributed by atoms with Crippen LogP contribution >= 0.6 is 0 Å². The molecule has 0 atom stereocenters. The first kappa shape index (κ1) is 23.7. The minimum atomic E-state index is 0.465. The zero-order chi connectivity index (χ0) is 24.9. The van der Waals surface area contributed by atoms with Crippen LogP contribution in [0, 0.1) is 5.92 Å². The maximum atomic E-state index is 6.04. The number of benzene rings is 2. The van der Waals surface area contributed by atoms with Crippen LogP contribution in [-0.4, -0.2) is 15.1 Å². The molecule has 0 unspecified atom stereocenters. The molecule has 0 aliphatic heterocycles. The molecule has 6 heteroatoms. The van der Waals surface area contributed by atoms with Gasteiger partial charge >= 0.3 is 0 Å². The van der Waals surface area contributed by atoms with E-state index in [1.165, 1.54) is 50.5 Å². The fraction of sp³-hybridized carbons (Fsp3) is 0.387. The molecule has 2 heterocycles. The van der Waals surface area contributed by atoms with Gasteiger partial charge in [-0.3, -0.25) is 4.98 Å². The van der Waals surface area contributed by atoms with Crippen LogP contribution in [0.1, 0.15) is 74.4 Å². The van der Waals surface area contributed by atoms with Gasteiger partial charge in [-0.2, -0.15) is 4.98 Å². The number of hydrogen-bond acceptors (Lipinski definition) is 6.